The van der Waals surface area contributed by atoms with E-state index < -0.39 is 0 Å². The molecule has 0 atom stereocenters. The van der Waals surface area contributed by atoms with Crippen LogP contribution in [0.3, 0.4) is 0 Å². The fourth-order valence-electron chi connectivity index (χ4n) is 2.28. The number of fused-ring (bicyclic) bond motifs is 1. The summed E-state index contributed by atoms with van der Waals surface area (Å²) < 4.78 is 16.7. The molecule has 1 heterocycles. The second-order valence-electron chi connectivity index (χ2n) is 4.51. The Morgan fingerprint density at radius 2 is 2.00 bits per heavy atom. The Morgan fingerprint density at radius 3 is 2.75 bits per heavy atom. The van der Waals surface area contributed by atoms with Gasteiger partial charge >= 0.3 is 0 Å². The van der Waals surface area contributed by atoms with Crippen LogP contribution in [0.5, 0.6) is 0 Å². The number of hydrogen-bond donors (Lipinski definition) is 0. The Morgan fingerprint density at radius 1 is 1.25 bits per heavy atom. The molecule has 0 N–H and O–H groups in total. The van der Waals surface area contributed by atoms with Gasteiger partial charge in [0.25, 0.3) is 0 Å². The molecule has 0 aliphatic carbocycles. The van der Waals surface area contributed by atoms with Crippen LogP contribution in [0.2, 0.25) is 0 Å². The highest BCUT2D eigenvalue weighted by Crippen LogP contribution is 2.30. The molecule has 0 aliphatic heterocycles. The van der Waals surface area contributed by atoms with Crippen LogP contribution < -0.4 is 0 Å². The van der Waals surface area contributed by atoms with Crippen molar-refractivity contribution in [1.29, 1.82) is 0 Å². The molecule has 2 nitrogen and oxygen atoms in total. The van der Waals surface area contributed by atoms with E-state index in [-0.39, 0.29) is 11.7 Å². The van der Waals surface area contributed by atoms with Gasteiger partial charge < -0.3 is 0 Å². The Bertz CT molecular complexity index is 798. The number of imidazole rings is 1. The maximum Gasteiger partial charge on any atom is 0.151 e. The van der Waals surface area contributed by atoms with Gasteiger partial charge in [-0.15, -0.1) is 11.6 Å². The van der Waals surface area contributed by atoms with Gasteiger partial charge in [-0.2, -0.15) is 0 Å². The van der Waals surface area contributed by atoms with Gasteiger partial charge in [0.2, 0.25) is 0 Å². The third-order valence-corrected chi connectivity index (χ3v) is 4.51. The van der Waals surface area contributed by atoms with Crippen molar-refractivity contribution in [2.45, 2.75) is 12.8 Å². The number of aryl methyl sites for hydroxylation is 1. The highest BCUT2D eigenvalue weighted by atomic mass is 79.9. The molecular weight excluding hydrogens is 343 g/mol. The lowest BCUT2D eigenvalue weighted by molar-refractivity contribution is 0.637. The lowest BCUT2D eigenvalue weighted by atomic mass is 10.2. The molecule has 0 aliphatic rings. The lowest BCUT2D eigenvalue weighted by Gasteiger charge is -2.11. The minimum absolute atomic E-state index is 0.217. The molecule has 1 aromatic heterocycles. The van der Waals surface area contributed by atoms with Crippen molar-refractivity contribution < 1.29 is 4.39 Å². The predicted molar refractivity (Wildman–Crippen MR) is 83.0 cm³/mol. The SMILES string of the molecule is Cc1cccc(-n2c(CCl)nc3c(F)cccc32)c1Br. The summed E-state index contributed by atoms with van der Waals surface area (Å²) in [5.74, 6) is 0.503. The average molecular weight is 354 g/mol. The minimum Gasteiger partial charge on any atom is -0.294 e. The second kappa shape index (κ2) is 5.19. The monoisotopic (exact) mass is 352 g/mol. The summed E-state index contributed by atoms with van der Waals surface area (Å²) in [4.78, 5) is 4.31. The van der Waals surface area contributed by atoms with Crippen molar-refractivity contribution in [2.75, 3.05) is 0 Å². The molecule has 2 aromatic carbocycles. The molecule has 102 valence electrons. The number of halogens is 3. The van der Waals surface area contributed by atoms with Gasteiger partial charge in [0.1, 0.15) is 11.3 Å². The molecule has 3 aromatic rings. The maximum atomic E-state index is 13.9. The van der Waals surface area contributed by atoms with Gasteiger partial charge in [-0.25, -0.2) is 9.37 Å². The number of rotatable bonds is 2. The Kier molecular flexibility index (Phi) is 3.52. The zero-order valence-electron chi connectivity index (χ0n) is 10.7. The largest absolute Gasteiger partial charge is 0.294 e. The standard InChI is InChI=1S/C15H11BrClFN2/c1-9-4-2-6-11(14(9)16)20-12-7-3-5-10(18)15(12)19-13(20)8-17/h2-7H,8H2,1H3. The van der Waals surface area contributed by atoms with E-state index in [9.17, 15) is 4.39 Å². The van der Waals surface area contributed by atoms with Crippen LogP contribution in [0.1, 0.15) is 11.4 Å². The number of benzene rings is 2. The van der Waals surface area contributed by atoms with Gasteiger partial charge in [-0.3, -0.25) is 4.57 Å². The van der Waals surface area contributed by atoms with Crippen molar-refractivity contribution >= 4 is 38.6 Å². The van der Waals surface area contributed by atoms with E-state index in [0.717, 1.165) is 15.7 Å². The summed E-state index contributed by atoms with van der Waals surface area (Å²) in [6, 6.07) is 10.8. The van der Waals surface area contributed by atoms with E-state index in [0.29, 0.717) is 16.9 Å². The van der Waals surface area contributed by atoms with E-state index in [4.69, 9.17) is 11.6 Å². The van der Waals surface area contributed by atoms with E-state index in [1.807, 2.05) is 35.8 Å². The van der Waals surface area contributed by atoms with Crippen LogP contribution in [0.25, 0.3) is 16.7 Å². The van der Waals surface area contributed by atoms with E-state index >= 15 is 0 Å². The summed E-state index contributed by atoms with van der Waals surface area (Å²) in [6.07, 6.45) is 0. The van der Waals surface area contributed by atoms with Crippen molar-refractivity contribution in [2.24, 2.45) is 0 Å². The number of alkyl halides is 1. The second-order valence-corrected chi connectivity index (χ2v) is 5.57. The number of para-hydroxylation sites is 1. The Hall–Kier alpha value is -1.39. The highest BCUT2D eigenvalue weighted by Gasteiger charge is 2.16. The van der Waals surface area contributed by atoms with Crippen LogP contribution in [-0.4, -0.2) is 9.55 Å². The molecular formula is C15H11BrClFN2. The molecule has 0 radical (unpaired) electrons. The lowest BCUT2D eigenvalue weighted by Crippen LogP contribution is -2.01. The van der Waals surface area contributed by atoms with E-state index in [2.05, 4.69) is 20.9 Å². The average Bonchev–Trinajstić information content (AvgIpc) is 2.82. The van der Waals surface area contributed by atoms with Crippen molar-refractivity contribution in [3.8, 4) is 5.69 Å². The maximum absolute atomic E-state index is 13.9. The first-order valence-electron chi connectivity index (χ1n) is 6.10. The minimum atomic E-state index is -0.337. The molecule has 0 amide bonds. The van der Waals surface area contributed by atoms with Crippen LogP contribution >= 0.6 is 27.5 Å². The van der Waals surface area contributed by atoms with Crippen molar-refractivity contribution in [3.63, 3.8) is 0 Å². The predicted octanol–water partition coefficient (Wildman–Crippen LogP) is 4.97. The topological polar surface area (TPSA) is 17.8 Å². The fourth-order valence-corrected chi connectivity index (χ4v) is 2.90. The van der Waals surface area contributed by atoms with E-state index in [1.165, 1.54) is 6.07 Å². The van der Waals surface area contributed by atoms with Crippen molar-refractivity contribution in [3.05, 3.63) is 58.1 Å². The first kappa shape index (κ1) is 13.6. The highest BCUT2D eigenvalue weighted by molar-refractivity contribution is 9.10. The van der Waals surface area contributed by atoms with Crippen LogP contribution in [0.4, 0.5) is 4.39 Å². The normalized spacial score (nSPS) is 11.2. The number of aromatic nitrogens is 2. The third-order valence-electron chi connectivity index (χ3n) is 3.24. The molecule has 0 unspecified atom stereocenters. The number of nitrogens with zero attached hydrogens (tertiary/aromatic N) is 2. The fraction of sp³-hybridized carbons (Fsp3) is 0.133. The van der Waals surface area contributed by atoms with Crippen LogP contribution in [0, 0.1) is 12.7 Å². The molecule has 0 fully saturated rings. The molecule has 5 heteroatoms. The summed E-state index contributed by atoms with van der Waals surface area (Å²) in [5, 5.41) is 0. The summed E-state index contributed by atoms with van der Waals surface area (Å²) in [6.45, 7) is 2.01. The van der Waals surface area contributed by atoms with E-state index in [1.54, 1.807) is 6.07 Å². The van der Waals surface area contributed by atoms with Gasteiger partial charge in [0.05, 0.1) is 17.1 Å². The quantitative estimate of drug-likeness (QED) is 0.594. The number of hydrogen-bond acceptors (Lipinski definition) is 1. The molecule has 0 saturated carbocycles. The molecule has 3 rings (SSSR count). The molecule has 0 spiro atoms. The zero-order valence-corrected chi connectivity index (χ0v) is 13.0. The zero-order chi connectivity index (χ0) is 14.3. The van der Waals surface area contributed by atoms with Crippen LogP contribution in [-0.2, 0) is 5.88 Å². The first-order valence-corrected chi connectivity index (χ1v) is 7.43. The molecule has 0 bridgehead atoms. The van der Waals surface area contributed by atoms with Crippen molar-refractivity contribution in [1.82, 2.24) is 9.55 Å². The van der Waals surface area contributed by atoms with Gasteiger partial charge in [0.15, 0.2) is 5.82 Å². The van der Waals surface area contributed by atoms with Gasteiger partial charge in [-0.1, -0.05) is 18.2 Å². The van der Waals surface area contributed by atoms with Crippen LogP contribution in [0.15, 0.2) is 40.9 Å². The Balaban J connectivity index is 2.41. The molecule has 20 heavy (non-hydrogen) atoms. The first-order chi connectivity index (χ1) is 9.63. The summed E-state index contributed by atoms with van der Waals surface area (Å²) in [5.41, 5.74) is 3.07. The van der Waals surface area contributed by atoms with Gasteiger partial charge in [-0.05, 0) is 46.6 Å². The summed E-state index contributed by atoms with van der Waals surface area (Å²) >= 11 is 9.56. The molecule has 0 saturated heterocycles. The summed E-state index contributed by atoms with van der Waals surface area (Å²) in [7, 11) is 0. The smallest absolute Gasteiger partial charge is 0.151 e. The Labute approximate surface area is 129 Å². The van der Waals surface area contributed by atoms with Gasteiger partial charge in [0, 0.05) is 4.47 Å². The third kappa shape index (κ3) is 2.03.